The molecule has 6 heteroatoms. The van der Waals surface area contributed by atoms with Crippen LogP contribution in [0.15, 0.2) is 28.7 Å². The first kappa shape index (κ1) is 16.5. The van der Waals surface area contributed by atoms with Crippen molar-refractivity contribution in [1.29, 1.82) is 0 Å². The number of benzene rings is 1. The van der Waals surface area contributed by atoms with Crippen LogP contribution in [-0.4, -0.2) is 36.3 Å². The van der Waals surface area contributed by atoms with E-state index in [9.17, 15) is 18.3 Å². The van der Waals surface area contributed by atoms with Gasteiger partial charge in [-0.25, -0.2) is 0 Å². The fraction of sp³-hybridized carbons (Fsp3) is 0.538. The van der Waals surface area contributed by atoms with E-state index in [1.807, 2.05) is 18.2 Å². The van der Waals surface area contributed by atoms with Gasteiger partial charge in [-0.1, -0.05) is 34.1 Å². The smallest absolute Gasteiger partial charge is 0.388 e. The van der Waals surface area contributed by atoms with Gasteiger partial charge in [0, 0.05) is 17.6 Å². The standard InChI is InChI=1S/C13H17BrF3NO/c1-18(9-7-13(15,16)17)8-6-12(19)10-4-2-3-5-11(10)14/h2-5,12,19H,6-9H2,1H3. The zero-order valence-corrected chi connectivity index (χ0v) is 12.2. The van der Waals surface area contributed by atoms with Crippen LogP contribution in [0.5, 0.6) is 0 Å². The van der Waals surface area contributed by atoms with Crippen molar-refractivity contribution >= 4 is 15.9 Å². The summed E-state index contributed by atoms with van der Waals surface area (Å²) in [5, 5.41) is 10.00. The summed E-state index contributed by atoms with van der Waals surface area (Å²) in [4.78, 5) is 1.58. The van der Waals surface area contributed by atoms with Crippen LogP contribution in [-0.2, 0) is 0 Å². The van der Waals surface area contributed by atoms with Gasteiger partial charge in [0.1, 0.15) is 0 Å². The van der Waals surface area contributed by atoms with E-state index in [1.165, 1.54) is 0 Å². The molecule has 0 bridgehead atoms. The zero-order chi connectivity index (χ0) is 14.5. The minimum atomic E-state index is -4.13. The topological polar surface area (TPSA) is 23.5 Å². The Hall–Kier alpha value is -0.590. The molecule has 0 spiro atoms. The first-order valence-electron chi connectivity index (χ1n) is 5.97. The van der Waals surface area contributed by atoms with Gasteiger partial charge in [0.05, 0.1) is 12.5 Å². The van der Waals surface area contributed by atoms with Gasteiger partial charge in [-0.05, 0) is 25.1 Å². The Bertz CT molecular complexity index is 398. The summed E-state index contributed by atoms with van der Waals surface area (Å²) in [5.41, 5.74) is 0.756. The number of hydrogen-bond acceptors (Lipinski definition) is 2. The highest BCUT2D eigenvalue weighted by Gasteiger charge is 2.27. The molecule has 1 aromatic rings. The molecule has 0 aromatic heterocycles. The van der Waals surface area contributed by atoms with Crippen molar-refractivity contribution in [2.24, 2.45) is 0 Å². The Kier molecular flexibility index (Phi) is 6.29. The molecule has 0 aliphatic rings. The molecule has 0 radical (unpaired) electrons. The van der Waals surface area contributed by atoms with Crippen molar-refractivity contribution in [1.82, 2.24) is 4.90 Å². The molecule has 0 saturated carbocycles. The van der Waals surface area contributed by atoms with Crippen molar-refractivity contribution < 1.29 is 18.3 Å². The van der Waals surface area contributed by atoms with Crippen LogP contribution in [0.2, 0.25) is 0 Å². The summed E-state index contributed by atoms with van der Waals surface area (Å²) in [5.74, 6) is 0. The summed E-state index contributed by atoms with van der Waals surface area (Å²) in [6, 6.07) is 7.28. The Morgan fingerprint density at radius 1 is 1.26 bits per heavy atom. The van der Waals surface area contributed by atoms with E-state index in [2.05, 4.69) is 15.9 Å². The van der Waals surface area contributed by atoms with E-state index >= 15 is 0 Å². The van der Waals surface area contributed by atoms with Crippen LogP contribution in [0, 0.1) is 0 Å². The van der Waals surface area contributed by atoms with Gasteiger partial charge in [-0.15, -0.1) is 0 Å². The summed E-state index contributed by atoms with van der Waals surface area (Å²) in [6.07, 6.45) is -5.23. The molecular formula is C13H17BrF3NO. The lowest BCUT2D eigenvalue weighted by molar-refractivity contribution is -0.137. The second-order valence-electron chi connectivity index (χ2n) is 4.49. The SMILES string of the molecule is CN(CCC(O)c1ccccc1Br)CCC(F)(F)F. The van der Waals surface area contributed by atoms with E-state index in [-0.39, 0.29) is 6.54 Å². The maximum atomic E-state index is 12.1. The molecule has 0 amide bonds. The van der Waals surface area contributed by atoms with Gasteiger partial charge in [0.15, 0.2) is 0 Å². The Balaban J connectivity index is 2.38. The van der Waals surface area contributed by atoms with E-state index in [4.69, 9.17) is 0 Å². The van der Waals surface area contributed by atoms with E-state index in [0.717, 1.165) is 10.0 Å². The molecule has 1 unspecified atom stereocenters. The number of halogens is 4. The van der Waals surface area contributed by atoms with Crippen LogP contribution >= 0.6 is 15.9 Å². The molecule has 0 saturated heterocycles. The first-order valence-corrected chi connectivity index (χ1v) is 6.76. The molecule has 1 rings (SSSR count). The van der Waals surface area contributed by atoms with E-state index in [1.54, 1.807) is 18.0 Å². The summed E-state index contributed by atoms with van der Waals surface area (Å²) in [6.45, 7) is 0.366. The fourth-order valence-corrected chi connectivity index (χ4v) is 2.22. The number of alkyl halides is 3. The third-order valence-electron chi connectivity index (χ3n) is 2.83. The molecule has 1 atom stereocenters. The quantitative estimate of drug-likeness (QED) is 0.853. The van der Waals surface area contributed by atoms with Gasteiger partial charge in [0.2, 0.25) is 0 Å². The minimum Gasteiger partial charge on any atom is -0.388 e. The monoisotopic (exact) mass is 339 g/mol. The van der Waals surface area contributed by atoms with Crippen molar-refractivity contribution in [2.45, 2.75) is 25.1 Å². The largest absolute Gasteiger partial charge is 0.390 e. The molecular weight excluding hydrogens is 323 g/mol. The lowest BCUT2D eigenvalue weighted by Crippen LogP contribution is -2.26. The number of nitrogens with zero attached hydrogens (tertiary/aromatic N) is 1. The van der Waals surface area contributed by atoms with Crippen LogP contribution < -0.4 is 0 Å². The Labute approximate surface area is 119 Å². The lowest BCUT2D eigenvalue weighted by atomic mass is 10.1. The van der Waals surface area contributed by atoms with Crippen molar-refractivity contribution in [3.8, 4) is 0 Å². The maximum Gasteiger partial charge on any atom is 0.390 e. The van der Waals surface area contributed by atoms with Gasteiger partial charge >= 0.3 is 6.18 Å². The number of aliphatic hydroxyl groups excluding tert-OH is 1. The second-order valence-corrected chi connectivity index (χ2v) is 5.35. The summed E-state index contributed by atoms with van der Waals surface area (Å²) < 4.78 is 37.0. The molecule has 0 heterocycles. The fourth-order valence-electron chi connectivity index (χ4n) is 1.67. The molecule has 0 aliphatic carbocycles. The lowest BCUT2D eigenvalue weighted by Gasteiger charge is -2.20. The average molecular weight is 340 g/mol. The average Bonchev–Trinajstić information content (AvgIpc) is 2.33. The highest BCUT2D eigenvalue weighted by atomic mass is 79.9. The molecule has 19 heavy (non-hydrogen) atoms. The Morgan fingerprint density at radius 3 is 2.47 bits per heavy atom. The highest BCUT2D eigenvalue weighted by molar-refractivity contribution is 9.10. The third kappa shape index (κ3) is 6.40. The van der Waals surface area contributed by atoms with Crippen LogP contribution in [0.4, 0.5) is 13.2 Å². The van der Waals surface area contributed by atoms with Gasteiger partial charge in [-0.3, -0.25) is 0 Å². The highest BCUT2D eigenvalue weighted by Crippen LogP contribution is 2.25. The Morgan fingerprint density at radius 2 is 1.89 bits per heavy atom. The second kappa shape index (κ2) is 7.26. The third-order valence-corrected chi connectivity index (χ3v) is 3.55. The molecule has 0 aliphatic heterocycles. The van der Waals surface area contributed by atoms with Crippen molar-refractivity contribution in [3.05, 3.63) is 34.3 Å². The predicted octanol–water partition coefficient (Wildman–Crippen LogP) is 3.76. The molecule has 108 valence electrons. The van der Waals surface area contributed by atoms with Crippen molar-refractivity contribution in [3.63, 3.8) is 0 Å². The summed E-state index contributed by atoms with van der Waals surface area (Å²) in [7, 11) is 1.62. The zero-order valence-electron chi connectivity index (χ0n) is 10.6. The van der Waals surface area contributed by atoms with Crippen LogP contribution in [0.1, 0.15) is 24.5 Å². The van der Waals surface area contributed by atoms with E-state index < -0.39 is 18.7 Å². The molecule has 1 N–H and O–H groups in total. The van der Waals surface area contributed by atoms with Gasteiger partial charge < -0.3 is 10.0 Å². The first-order chi connectivity index (χ1) is 8.79. The number of hydrogen-bond donors (Lipinski definition) is 1. The maximum absolute atomic E-state index is 12.1. The molecule has 2 nitrogen and oxygen atoms in total. The van der Waals surface area contributed by atoms with Gasteiger partial charge in [-0.2, -0.15) is 13.2 Å². The normalized spacial score (nSPS) is 13.8. The minimum absolute atomic E-state index is 0.0494. The molecule has 1 aromatic carbocycles. The predicted molar refractivity (Wildman–Crippen MR) is 71.9 cm³/mol. The van der Waals surface area contributed by atoms with Crippen LogP contribution in [0.3, 0.4) is 0 Å². The summed E-state index contributed by atoms with van der Waals surface area (Å²) >= 11 is 3.34. The number of rotatable bonds is 6. The van der Waals surface area contributed by atoms with E-state index in [0.29, 0.717) is 13.0 Å². The number of aliphatic hydroxyl groups is 1. The molecule has 0 fully saturated rings. The van der Waals surface area contributed by atoms with Crippen molar-refractivity contribution in [2.75, 3.05) is 20.1 Å². The van der Waals surface area contributed by atoms with Gasteiger partial charge in [0.25, 0.3) is 0 Å². The van der Waals surface area contributed by atoms with Crippen LogP contribution in [0.25, 0.3) is 0 Å².